The summed E-state index contributed by atoms with van der Waals surface area (Å²) >= 11 is 0. The molecule has 1 amide bonds. The van der Waals surface area contributed by atoms with E-state index in [0.717, 1.165) is 17.0 Å². The van der Waals surface area contributed by atoms with Crippen LogP contribution >= 0.6 is 0 Å². The van der Waals surface area contributed by atoms with Crippen molar-refractivity contribution in [2.24, 2.45) is 12.8 Å². The first-order valence-corrected chi connectivity index (χ1v) is 6.31. The van der Waals surface area contributed by atoms with Gasteiger partial charge in [0.2, 0.25) is 5.91 Å². The number of carbonyl (C=O) groups excluding carboxylic acids is 1. The highest BCUT2D eigenvalue weighted by Gasteiger charge is 2.23. The molecule has 108 valence electrons. The van der Waals surface area contributed by atoms with Crippen molar-refractivity contribution in [1.29, 1.82) is 0 Å². The van der Waals surface area contributed by atoms with E-state index in [4.69, 9.17) is 10.3 Å². The van der Waals surface area contributed by atoms with Crippen LogP contribution in [-0.4, -0.2) is 32.8 Å². The molecule has 7 nitrogen and oxygen atoms in total. The monoisotopic (exact) mass is 277 g/mol. The van der Waals surface area contributed by atoms with Crippen LogP contribution in [-0.2, 0) is 18.4 Å². The largest absolute Gasteiger partial charge is 0.361 e. The molecule has 0 fully saturated rings. The summed E-state index contributed by atoms with van der Waals surface area (Å²) < 4.78 is 6.71. The van der Waals surface area contributed by atoms with Crippen LogP contribution in [0.2, 0.25) is 0 Å². The van der Waals surface area contributed by atoms with Crippen molar-refractivity contribution >= 4 is 5.91 Å². The number of aromatic nitrogens is 3. The molecule has 0 bridgehead atoms. The van der Waals surface area contributed by atoms with Crippen LogP contribution in [0.25, 0.3) is 0 Å². The van der Waals surface area contributed by atoms with E-state index in [1.165, 1.54) is 0 Å². The minimum atomic E-state index is -0.714. The Balaban J connectivity index is 2.09. The van der Waals surface area contributed by atoms with Crippen LogP contribution in [0, 0.1) is 13.8 Å². The van der Waals surface area contributed by atoms with Gasteiger partial charge in [0.15, 0.2) is 0 Å². The SMILES string of the molecule is Cc1noc(C)c1CN(C)C(=O)C(N)c1cnn(C)c1. The van der Waals surface area contributed by atoms with Gasteiger partial charge in [0.1, 0.15) is 11.8 Å². The Morgan fingerprint density at radius 3 is 2.75 bits per heavy atom. The van der Waals surface area contributed by atoms with Crippen molar-refractivity contribution in [1.82, 2.24) is 19.8 Å². The molecule has 2 aromatic heterocycles. The normalized spacial score (nSPS) is 12.4. The number of carbonyl (C=O) groups is 1. The third-order valence-electron chi connectivity index (χ3n) is 3.30. The van der Waals surface area contributed by atoms with E-state index in [-0.39, 0.29) is 5.91 Å². The van der Waals surface area contributed by atoms with Gasteiger partial charge in [-0.2, -0.15) is 5.10 Å². The van der Waals surface area contributed by atoms with Gasteiger partial charge in [-0.25, -0.2) is 0 Å². The van der Waals surface area contributed by atoms with E-state index >= 15 is 0 Å². The topological polar surface area (TPSA) is 90.2 Å². The average molecular weight is 277 g/mol. The molecule has 1 atom stereocenters. The Bertz CT molecular complexity index is 597. The van der Waals surface area contributed by atoms with Gasteiger partial charge in [-0.3, -0.25) is 9.48 Å². The summed E-state index contributed by atoms with van der Waals surface area (Å²) in [6.07, 6.45) is 3.35. The standard InChI is InChI=1S/C13H19N5O2/c1-8-11(9(2)20-16-8)7-17(3)13(19)12(14)10-5-15-18(4)6-10/h5-6,12H,7,14H2,1-4H3. The minimum Gasteiger partial charge on any atom is -0.361 e. The zero-order valence-corrected chi connectivity index (χ0v) is 12.1. The molecule has 1 unspecified atom stereocenters. The van der Waals surface area contributed by atoms with Gasteiger partial charge < -0.3 is 15.2 Å². The summed E-state index contributed by atoms with van der Waals surface area (Å²) in [5, 5.41) is 7.90. The van der Waals surface area contributed by atoms with Crippen molar-refractivity contribution in [2.75, 3.05) is 7.05 Å². The minimum absolute atomic E-state index is 0.169. The summed E-state index contributed by atoms with van der Waals surface area (Å²) in [6, 6.07) is -0.714. The second-order valence-electron chi connectivity index (χ2n) is 4.92. The first kappa shape index (κ1) is 14.3. The smallest absolute Gasteiger partial charge is 0.244 e. The maximum Gasteiger partial charge on any atom is 0.244 e. The lowest BCUT2D eigenvalue weighted by Gasteiger charge is -2.20. The molecule has 2 N–H and O–H groups in total. The Morgan fingerprint density at radius 1 is 1.55 bits per heavy atom. The lowest BCUT2D eigenvalue weighted by molar-refractivity contribution is -0.132. The highest BCUT2D eigenvalue weighted by Crippen LogP contribution is 2.17. The van der Waals surface area contributed by atoms with E-state index in [1.54, 1.807) is 36.1 Å². The molecule has 20 heavy (non-hydrogen) atoms. The molecule has 0 saturated heterocycles. The van der Waals surface area contributed by atoms with E-state index in [1.807, 2.05) is 13.8 Å². The van der Waals surface area contributed by atoms with Gasteiger partial charge >= 0.3 is 0 Å². The summed E-state index contributed by atoms with van der Waals surface area (Å²) in [5.74, 6) is 0.551. The lowest BCUT2D eigenvalue weighted by Crippen LogP contribution is -2.35. The van der Waals surface area contributed by atoms with Crippen molar-refractivity contribution in [2.45, 2.75) is 26.4 Å². The second kappa shape index (κ2) is 5.46. The zero-order valence-electron chi connectivity index (χ0n) is 12.1. The van der Waals surface area contributed by atoms with Crippen LogP contribution in [0.15, 0.2) is 16.9 Å². The molecule has 0 spiro atoms. The van der Waals surface area contributed by atoms with Crippen LogP contribution in [0.1, 0.15) is 28.6 Å². The highest BCUT2D eigenvalue weighted by atomic mass is 16.5. The Kier molecular flexibility index (Phi) is 3.89. The van der Waals surface area contributed by atoms with Crippen LogP contribution in [0.3, 0.4) is 0 Å². The number of rotatable bonds is 4. The number of hydrogen-bond donors (Lipinski definition) is 1. The first-order chi connectivity index (χ1) is 9.40. The van der Waals surface area contributed by atoms with Crippen molar-refractivity contribution in [3.63, 3.8) is 0 Å². The number of likely N-dealkylation sites (N-methyl/N-ethyl adjacent to an activating group) is 1. The summed E-state index contributed by atoms with van der Waals surface area (Å²) in [5.41, 5.74) is 8.38. The predicted octanol–water partition coefficient (Wildman–Crippen LogP) is 0.683. The third-order valence-corrected chi connectivity index (χ3v) is 3.30. The van der Waals surface area contributed by atoms with Gasteiger partial charge in [-0.1, -0.05) is 5.16 Å². The molecular weight excluding hydrogens is 258 g/mol. The molecule has 2 rings (SSSR count). The summed E-state index contributed by atoms with van der Waals surface area (Å²) in [7, 11) is 3.50. The summed E-state index contributed by atoms with van der Waals surface area (Å²) in [4.78, 5) is 13.9. The van der Waals surface area contributed by atoms with Gasteiger partial charge in [0.05, 0.1) is 18.4 Å². The molecule has 0 aromatic carbocycles. The van der Waals surface area contributed by atoms with Crippen LogP contribution in [0.5, 0.6) is 0 Å². The molecule has 7 heteroatoms. The molecule has 0 aliphatic carbocycles. The lowest BCUT2D eigenvalue weighted by atomic mass is 10.1. The third kappa shape index (κ3) is 2.72. The number of hydrogen-bond acceptors (Lipinski definition) is 5. The molecular formula is C13H19N5O2. The molecule has 2 aromatic rings. The quantitative estimate of drug-likeness (QED) is 0.887. The van der Waals surface area contributed by atoms with E-state index < -0.39 is 6.04 Å². The van der Waals surface area contributed by atoms with E-state index in [0.29, 0.717) is 12.1 Å². The molecule has 0 radical (unpaired) electrons. The molecule has 0 saturated carbocycles. The van der Waals surface area contributed by atoms with Crippen molar-refractivity contribution in [3.8, 4) is 0 Å². The van der Waals surface area contributed by atoms with Gasteiger partial charge in [0.25, 0.3) is 0 Å². The fourth-order valence-electron chi connectivity index (χ4n) is 2.02. The second-order valence-corrected chi connectivity index (χ2v) is 4.92. The average Bonchev–Trinajstić information content (AvgIpc) is 2.97. The number of amides is 1. The van der Waals surface area contributed by atoms with E-state index in [2.05, 4.69) is 10.3 Å². The molecule has 0 aliphatic heterocycles. The van der Waals surface area contributed by atoms with Crippen LogP contribution < -0.4 is 5.73 Å². The fourth-order valence-corrected chi connectivity index (χ4v) is 2.02. The molecule has 2 heterocycles. The maximum atomic E-state index is 12.3. The maximum absolute atomic E-state index is 12.3. The van der Waals surface area contributed by atoms with Gasteiger partial charge in [-0.05, 0) is 13.8 Å². The van der Waals surface area contributed by atoms with Gasteiger partial charge in [-0.15, -0.1) is 0 Å². The molecule has 0 aliphatic rings. The number of nitrogens with two attached hydrogens (primary N) is 1. The first-order valence-electron chi connectivity index (χ1n) is 6.31. The predicted molar refractivity (Wildman–Crippen MR) is 72.6 cm³/mol. The number of aryl methyl sites for hydroxylation is 3. The fraction of sp³-hybridized carbons (Fsp3) is 0.462. The van der Waals surface area contributed by atoms with E-state index in [9.17, 15) is 4.79 Å². The van der Waals surface area contributed by atoms with Crippen molar-refractivity contribution in [3.05, 3.63) is 35.0 Å². The Labute approximate surface area is 117 Å². The highest BCUT2D eigenvalue weighted by molar-refractivity contribution is 5.82. The van der Waals surface area contributed by atoms with Crippen molar-refractivity contribution < 1.29 is 9.32 Å². The summed E-state index contributed by atoms with van der Waals surface area (Å²) in [6.45, 7) is 4.11. The van der Waals surface area contributed by atoms with Gasteiger partial charge in [0, 0.05) is 31.4 Å². The van der Waals surface area contributed by atoms with Crippen LogP contribution in [0.4, 0.5) is 0 Å². The number of nitrogens with zero attached hydrogens (tertiary/aromatic N) is 4. The Morgan fingerprint density at radius 2 is 2.25 bits per heavy atom. The Hall–Kier alpha value is -2.15. The zero-order chi connectivity index (χ0) is 14.9.